The maximum Gasteiger partial charge on any atom is 0.319 e. The van der Waals surface area contributed by atoms with E-state index in [0.717, 1.165) is 0 Å². The SMILES string of the molecule is CC(C)(C)C(Cn1ccnc1)NC(=O)Nc1cccc(Cl)c1. The monoisotopic (exact) mass is 320 g/mol. The van der Waals surface area contributed by atoms with Crippen LogP contribution in [0.3, 0.4) is 0 Å². The second-order valence-corrected chi connectivity index (χ2v) is 6.72. The molecule has 22 heavy (non-hydrogen) atoms. The number of hydrogen-bond donors (Lipinski definition) is 2. The van der Waals surface area contributed by atoms with Crippen LogP contribution in [-0.2, 0) is 6.54 Å². The number of benzene rings is 1. The Morgan fingerprint density at radius 2 is 2.18 bits per heavy atom. The molecule has 1 aromatic carbocycles. The molecule has 0 aliphatic rings. The number of rotatable bonds is 4. The number of amides is 2. The second kappa shape index (κ2) is 6.83. The number of halogens is 1. The Bertz CT molecular complexity index is 619. The van der Waals surface area contributed by atoms with Gasteiger partial charge in [-0.3, -0.25) is 0 Å². The van der Waals surface area contributed by atoms with Gasteiger partial charge in [-0.2, -0.15) is 0 Å². The van der Waals surface area contributed by atoms with Crippen molar-refractivity contribution in [3.8, 4) is 0 Å². The highest BCUT2D eigenvalue weighted by molar-refractivity contribution is 6.30. The molecule has 2 aromatic rings. The third kappa shape index (κ3) is 4.77. The molecule has 0 bridgehead atoms. The van der Waals surface area contributed by atoms with Crippen LogP contribution in [0.1, 0.15) is 20.8 Å². The third-order valence-corrected chi connectivity index (χ3v) is 3.62. The van der Waals surface area contributed by atoms with E-state index in [1.165, 1.54) is 0 Å². The maximum atomic E-state index is 12.2. The molecule has 1 unspecified atom stereocenters. The van der Waals surface area contributed by atoms with Crippen molar-refractivity contribution in [2.75, 3.05) is 5.32 Å². The first-order chi connectivity index (χ1) is 10.3. The highest BCUT2D eigenvalue weighted by Gasteiger charge is 2.26. The van der Waals surface area contributed by atoms with E-state index in [0.29, 0.717) is 17.3 Å². The molecule has 0 spiro atoms. The molecule has 5 nitrogen and oxygen atoms in total. The first-order valence-corrected chi connectivity index (χ1v) is 7.51. The predicted molar refractivity (Wildman–Crippen MR) is 89.1 cm³/mol. The fourth-order valence-electron chi connectivity index (χ4n) is 2.03. The highest BCUT2D eigenvalue weighted by atomic mass is 35.5. The molecule has 6 heteroatoms. The summed E-state index contributed by atoms with van der Waals surface area (Å²) in [7, 11) is 0. The van der Waals surface area contributed by atoms with Crippen LogP contribution in [0.2, 0.25) is 5.02 Å². The normalized spacial score (nSPS) is 12.7. The lowest BCUT2D eigenvalue weighted by Crippen LogP contribution is -2.47. The van der Waals surface area contributed by atoms with E-state index in [1.54, 1.807) is 36.8 Å². The van der Waals surface area contributed by atoms with E-state index in [-0.39, 0.29) is 17.5 Å². The van der Waals surface area contributed by atoms with Crippen molar-refractivity contribution in [1.29, 1.82) is 0 Å². The summed E-state index contributed by atoms with van der Waals surface area (Å²) in [5, 5.41) is 6.41. The Kier molecular flexibility index (Phi) is 5.08. The van der Waals surface area contributed by atoms with Gasteiger partial charge in [0, 0.05) is 29.6 Å². The minimum atomic E-state index is -0.248. The number of urea groups is 1. The van der Waals surface area contributed by atoms with Crippen LogP contribution >= 0.6 is 11.6 Å². The zero-order chi connectivity index (χ0) is 16.2. The molecule has 1 heterocycles. The summed E-state index contributed by atoms with van der Waals surface area (Å²) in [6, 6.07) is 6.78. The summed E-state index contributed by atoms with van der Waals surface area (Å²) >= 11 is 5.92. The first kappa shape index (κ1) is 16.4. The summed E-state index contributed by atoms with van der Waals surface area (Å²) in [6.07, 6.45) is 5.36. The van der Waals surface area contributed by atoms with E-state index in [1.807, 2.05) is 10.8 Å². The lowest BCUT2D eigenvalue weighted by molar-refractivity contribution is 0.219. The highest BCUT2D eigenvalue weighted by Crippen LogP contribution is 2.21. The van der Waals surface area contributed by atoms with Crippen LogP contribution in [0.4, 0.5) is 10.5 Å². The van der Waals surface area contributed by atoms with Crippen LogP contribution in [0.5, 0.6) is 0 Å². The third-order valence-electron chi connectivity index (χ3n) is 3.39. The first-order valence-electron chi connectivity index (χ1n) is 7.13. The van der Waals surface area contributed by atoms with Gasteiger partial charge in [0.1, 0.15) is 0 Å². The van der Waals surface area contributed by atoms with Gasteiger partial charge in [-0.25, -0.2) is 9.78 Å². The summed E-state index contributed by atoms with van der Waals surface area (Å²) in [4.78, 5) is 16.3. The number of anilines is 1. The van der Waals surface area contributed by atoms with Crippen molar-refractivity contribution in [3.05, 3.63) is 48.0 Å². The predicted octanol–water partition coefficient (Wildman–Crippen LogP) is 3.77. The van der Waals surface area contributed by atoms with Gasteiger partial charge in [0.2, 0.25) is 0 Å². The number of nitrogens with zero attached hydrogens (tertiary/aromatic N) is 2. The smallest absolute Gasteiger partial charge is 0.319 e. The Labute approximate surface area is 135 Å². The molecule has 2 N–H and O–H groups in total. The molecule has 0 aliphatic heterocycles. The summed E-state index contributed by atoms with van der Waals surface area (Å²) in [5.41, 5.74) is 0.580. The van der Waals surface area contributed by atoms with E-state index < -0.39 is 0 Å². The van der Waals surface area contributed by atoms with Crippen molar-refractivity contribution in [2.24, 2.45) is 5.41 Å². The van der Waals surface area contributed by atoms with Gasteiger partial charge < -0.3 is 15.2 Å². The van der Waals surface area contributed by atoms with Crippen molar-refractivity contribution in [2.45, 2.75) is 33.4 Å². The van der Waals surface area contributed by atoms with Gasteiger partial charge >= 0.3 is 6.03 Å². The summed E-state index contributed by atoms with van der Waals surface area (Å²) in [5.74, 6) is 0. The van der Waals surface area contributed by atoms with Gasteiger partial charge in [-0.15, -0.1) is 0 Å². The molecule has 0 radical (unpaired) electrons. The van der Waals surface area contributed by atoms with Crippen molar-refractivity contribution in [1.82, 2.24) is 14.9 Å². The number of imidazole rings is 1. The number of aromatic nitrogens is 2. The van der Waals surface area contributed by atoms with Gasteiger partial charge in [0.15, 0.2) is 0 Å². The average Bonchev–Trinajstić information content (AvgIpc) is 2.89. The number of carbonyl (C=O) groups is 1. The topological polar surface area (TPSA) is 59.0 Å². The minimum absolute atomic E-state index is 0.0408. The fourth-order valence-corrected chi connectivity index (χ4v) is 2.22. The lowest BCUT2D eigenvalue weighted by Gasteiger charge is -2.31. The van der Waals surface area contributed by atoms with Gasteiger partial charge in [-0.05, 0) is 23.6 Å². The molecule has 1 atom stereocenters. The molecule has 1 aromatic heterocycles. The van der Waals surface area contributed by atoms with Crippen LogP contribution in [-0.4, -0.2) is 21.6 Å². The molecule has 0 aliphatic carbocycles. The van der Waals surface area contributed by atoms with Crippen LogP contribution in [0.25, 0.3) is 0 Å². The van der Waals surface area contributed by atoms with E-state index >= 15 is 0 Å². The van der Waals surface area contributed by atoms with Gasteiger partial charge in [-0.1, -0.05) is 38.4 Å². The second-order valence-electron chi connectivity index (χ2n) is 6.29. The molecule has 2 rings (SSSR count). The van der Waals surface area contributed by atoms with Gasteiger partial charge in [0.25, 0.3) is 0 Å². The Balaban J connectivity index is 2.02. The van der Waals surface area contributed by atoms with Crippen LogP contribution < -0.4 is 10.6 Å². The Morgan fingerprint density at radius 3 is 2.77 bits per heavy atom. The molecule has 0 fully saturated rings. The number of nitrogens with one attached hydrogen (secondary N) is 2. The van der Waals surface area contributed by atoms with Crippen LogP contribution in [0.15, 0.2) is 43.0 Å². The van der Waals surface area contributed by atoms with E-state index in [2.05, 4.69) is 36.4 Å². The van der Waals surface area contributed by atoms with Crippen LogP contribution in [0, 0.1) is 5.41 Å². The molecule has 0 saturated heterocycles. The van der Waals surface area contributed by atoms with Crippen molar-refractivity contribution in [3.63, 3.8) is 0 Å². The number of carbonyl (C=O) groups excluding carboxylic acids is 1. The number of hydrogen-bond acceptors (Lipinski definition) is 2. The van der Waals surface area contributed by atoms with Crippen molar-refractivity contribution >= 4 is 23.3 Å². The Hall–Kier alpha value is -2.01. The largest absolute Gasteiger partial charge is 0.335 e. The fraction of sp³-hybridized carbons (Fsp3) is 0.375. The molecular weight excluding hydrogens is 300 g/mol. The molecule has 118 valence electrons. The van der Waals surface area contributed by atoms with E-state index in [9.17, 15) is 4.79 Å². The minimum Gasteiger partial charge on any atom is -0.335 e. The summed E-state index contributed by atoms with van der Waals surface area (Å²) in [6.45, 7) is 6.93. The molecule has 0 saturated carbocycles. The Morgan fingerprint density at radius 1 is 1.41 bits per heavy atom. The molecular formula is C16H21ClN4O. The van der Waals surface area contributed by atoms with E-state index in [4.69, 9.17) is 11.6 Å². The maximum absolute atomic E-state index is 12.2. The standard InChI is InChI=1S/C16H21ClN4O/c1-16(2,3)14(10-21-8-7-18-11-21)20-15(22)19-13-6-4-5-12(17)9-13/h4-9,11,14H,10H2,1-3H3,(H2,19,20,22). The zero-order valence-corrected chi connectivity index (χ0v) is 13.8. The van der Waals surface area contributed by atoms with Gasteiger partial charge in [0.05, 0.1) is 12.4 Å². The molecule has 2 amide bonds. The quantitative estimate of drug-likeness (QED) is 0.900. The summed E-state index contributed by atoms with van der Waals surface area (Å²) < 4.78 is 1.95. The lowest BCUT2D eigenvalue weighted by atomic mass is 9.86. The zero-order valence-electron chi connectivity index (χ0n) is 13.0. The van der Waals surface area contributed by atoms with Crippen molar-refractivity contribution < 1.29 is 4.79 Å². The average molecular weight is 321 g/mol.